The summed E-state index contributed by atoms with van der Waals surface area (Å²) in [5.74, 6) is 0. The lowest BCUT2D eigenvalue weighted by molar-refractivity contribution is 0.865. The van der Waals surface area contributed by atoms with Crippen LogP contribution in [0.2, 0.25) is 0 Å². The molecule has 0 radical (unpaired) electrons. The normalized spacial score (nSPS) is 11.1. The fraction of sp³-hybridized carbons (Fsp3) is 0.154. The number of nitrogens with zero attached hydrogens (tertiary/aromatic N) is 3. The van der Waals surface area contributed by atoms with E-state index < -0.39 is 0 Å². The molecule has 0 amide bonds. The van der Waals surface area contributed by atoms with Gasteiger partial charge >= 0.3 is 0 Å². The van der Waals surface area contributed by atoms with Crippen molar-refractivity contribution >= 4 is 21.6 Å². The highest BCUT2D eigenvalue weighted by Crippen LogP contribution is 2.14. The van der Waals surface area contributed by atoms with E-state index in [2.05, 4.69) is 31.2 Å². The summed E-state index contributed by atoms with van der Waals surface area (Å²) in [6.45, 7) is 1.88. The van der Waals surface area contributed by atoms with Gasteiger partial charge in [-0.2, -0.15) is 0 Å². The van der Waals surface area contributed by atoms with Crippen LogP contribution >= 0.6 is 15.9 Å². The largest absolute Gasteiger partial charge is 0.295 e. The van der Waals surface area contributed by atoms with E-state index in [0.29, 0.717) is 12.1 Å². The summed E-state index contributed by atoms with van der Waals surface area (Å²) in [6.07, 6.45) is 2.07. The average Bonchev–Trinajstić information content (AvgIpc) is 2.85. The minimum atomic E-state index is -0.0725. The molecule has 2 heterocycles. The van der Waals surface area contributed by atoms with Crippen LogP contribution in [0.1, 0.15) is 16.8 Å². The Morgan fingerprint density at radius 3 is 2.79 bits per heavy atom. The third kappa shape index (κ3) is 2.19. The maximum Gasteiger partial charge on any atom is 0.230 e. The van der Waals surface area contributed by atoms with E-state index >= 15 is 0 Å². The van der Waals surface area contributed by atoms with Gasteiger partial charge in [-0.05, 0) is 24.6 Å². The van der Waals surface area contributed by atoms with E-state index in [1.165, 1.54) is 6.33 Å². The van der Waals surface area contributed by atoms with Gasteiger partial charge in [-0.3, -0.25) is 9.89 Å². The molecule has 0 unspecified atom stereocenters. The van der Waals surface area contributed by atoms with Crippen molar-refractivity contribution in [2.24, 2.45) is 0 Å². The summed E-state index contributed by atoms with van der Waals surface area (Å²) in [6, 6.07) is 7.93. The Kier molecular flexibility index (Phi) is 2.94. The maximum absolute atomic E-state index is 12.3. The zero-order valence-electron chi connectivity index (χ0n) is 10.2. The quantitative estimate of drug-likeness (QED) is 0.786. The molecule has 0 aliphatic heterocycles. The predicted molar refractivity (Wildman–Crippen MR) is 75.3 cm³/mol. The molecule has 96 valence electrons. The first kappa shape index (κ1) is 12.1. The Morgan fingerprint density at radius 2 is 2.05 bits per heavy atom. The lowest BCUT2D eigenvalue weighted by atomic mass is 10.0. The molecule has 0 fully saturated rings. The molecular formula is C13H11BrN4O. The lowest BCUT2D eigenvalue weighted by Gasteiger charge is -2.06. The van der Waals surface area contributed by atoms with Crippen LogP contribution in [0, 0.1) is 6.92 Å². The number of aromatic nitrogens is 4. The van der Waals surface area contributed by atoms with E-state index in [0.717, 1.165) is 21.3 Å². The van der Waals surface area contributed by atoms with Crippen LogP contribution in [0.25, 0.3) is 5.65 Å². The summed E-state index contributed by atoms with van der Waals surface area (Å²) < 4.78 is 2.57. The highest BCUT2D eigenvalue weighted by atomic mass is 79.9. The SMILES string of the molecule is Cc1[nH]n2cnnc2c(=O)c1Cc1ccc(Br)cc1. The summed E-state index contributed by atoms with van der Waals surface area (Å²) in [7, 11) is 0. The average molecular weight is 319 g/mol. The van der Waals surface area contributed by atoms with Crippen molar-refractivity contribution in [1.29, 1.82) is 0 Å². The third-order valence-corrected chi connectivity index (χ3v) is 3.59. The van der Waals surface area contributed by atoms with Crippen LogP contribution < -0.4 is 5.43 Å². The molecule has 0 saturated heterocycles. The van der Waals surface area contributed by atoms with Crippen molar-refractivity contribution in [3.8, 4) is 0 Å². The van der Waals surface area contributed by atoms with E-state index in [1.807, 2.05) is 31.2 Å². The second-order valence-electron chi connectivity index (χ2n) is 4.37. The number of aryl methyl sites for hydroxylation is 1. The van der Waals surface area contributed by atoms with Gasteiger partial charge in [-0.15, -0.1) is 10.2 Å². The van der Waals surface area contributed by atoms with E-state index in [9.17, 15) is 4.79 Å². The van der Waals surface area contributed by atoms with Crippen molar-refractivity contribution in [2.75, 3.05) is 0 Å². The second-order valence-corrected chi connectivity index (χ2v) is 5.29. The Balaban J connectivity index is 2.09. The Labute approximate surface area is 117 Å². The molecule has 0 aliphatic rings. The molecular weight excluding hydrogens is 308 g/mol. The predicted octanol–water partition coefficient (Wildman–Crippen LogP) is 2.08. The minimum Gasteiger partial charge on any atom is -0.295 e. The van der Waals surface area contributed by atoms with Gasteiger partial charge in [0, 0.05) is 22.2 Å². The molecule has 6 heteroatoms. The van der Waals surface area contributed by atoms with E-state index in [-0.39, 0.29) is 5.43 Å². The molecule has 0 saturated carbocycles. The van der Waals surface area contributed by atoms with Crippen LogP contribution in [0.15, 0.2) is 39.9 Å². The molecule has 0 spiro atoms. The van der Waals surface area contributed by atoms with Gasteiger partial charge in [0.1, 0.15) is 6.33 Å². The minimum absolute atomic E-state index is 0.0725. The highest BCUT2D eigenvalue weighted by Gasteiger charge is 2.11. The number of halogens is 1. The second kappa shape index (κ2) is 4.62. The first-order valence-corrected chi connectivity index (χ1v) is 6.60. The fourth-order valence-electron chi connectivity index (χ4n) is 2.04. The highest BCUT2D eigenvalue weighted by molar-refractivity contribution is 9.10. The van der Waals surface area contributed by atoms with Crippen molar-refractivity contribution < 1.29 is 0 Å². The van der Waals surface area contributed by atoms with Crippen molar-refractivity contribution in [3.05, 3.63) is 62.1 Å². The lowest BCUT2D eigenvalue weighted by Crippen LogP contribution is -2.17. The molecule has 1 aromatic carbocycles. The number of fused-ring (bicyclic) bond motifs is 1. The molecule has 0 bridgehead atoms. The summed E-state index contributed by atoms with van der Waals surface area (Å²) in [5.41, 5.74) is 2.90. The first-order chi connectivity index (χ1) is 9.15. The first-order valence-electron chi connectivity index (χ1n) is 5.81. The van der Waals surface area contributed by atoms with Gasteiger partial charge in [0.2, 0.25) is 11.1 Å². The van der Waals surface area contributed by atoms with Crippen molar-refractivity contribution in [1.82, 2.24) is 19.8 Å². The summed E-state index contributed by atoms with van der Waals surface area (Å²) in [5, 5.41) is 10.7. The molecule has 0 atom stereocenters. The number of aromatic amines is 1. The van der Waals surface area contributed by atoms with E-state index in [4.69, 9.17) is 0 Å². The van der Waals surface area contributed by atoms with Gasteiger partial charge in [0.25, 0.3) is 0 Å². The Bertz CT molecular complexity index is 789. The van der Waals surface area contributed by atoms with Crippen LogP contribution in [-0.4, -0.2) is 19.8 Å². The van der Waals surface area contributed by atoms with E-state index in [1.54, 1.807) is 4.52 Å². The molecule has 3 rings (SSSR count). The zero-order valence-corrected chi connectivity index (χ0v) is 11.8. The van der Waals surface area contributed by atoms with Crippen LogP contribution in [-0.2, 0) is 6.42 Å². The maximum atomic E-state index is 12.3. The summed E-state index contributed by atoms with van der Waals surface area (Å²) in [4.78, 5) is 12.3. The van der Waals surface area contributed by atoms with Gasteiger partial charge in [0.15, 0.2) is 0 Å². The molecule has 3 aromatic rings. The number of hydrogen-bond acceptors (Lipinski definition) is 3. The Hall–Kier alpha value is -1.95. The van der Waals surface area contributed by atoms with Crippen molar-refractivity contribution in [2.45, 2.75) is 13.3 Å². The molecule has 1 N–H and O–H groups in total. The van der Waals surface area contributed by atoms with Gasteiger partial charge in [-0.1, -0.05) is 28.1 Å². The van der Waals surface area contributed by atoms with Crippen LogP contribution in [0.3, 0.4) is 0 Å². The zero-order chi connectivity index (χ0) is 13.4. The van der Waals surface area contributed by atoms with Gasteiger partial charge in [0.05, 0.1) is 0 Å². The van der Waals surface area contributed by atoms with Gasteiger partial charge in [-0.25, -0.2) is 4.52 Å². The molecule has 0 aliphatic carbocycles. The number of H-pyrrole nitrogens is 1. The van der Waals surface area contributed by atoms with Crippen LogP contribution in [0.5, 0.6) is 0 Å². The smallest absolute Gasteiger partial charge is 0.230 e. The van der Waals surface area contributed by atoms with Crippen molar-refractivity contribution in [3.63, 3.8) is 0 Å². The number of rotatable bonds is 2. The van der Waals surface area contributed by atoms with Gasteiger partial charge < -0.3 is 0 Å². The monoisotopic (exact) mass is 318 g/mol. The van der Waals surface area contributed by atoms with Crippen LogP contribution in [0.4, 0.5) is 0 Å². The number of hydrogen-bond donors (Lipinski definition) is 1. The third-order valence-electron chi connectivity index (χ3n) is 3.06. The fourth-order valence-corrected chi connectivity index (χ4v) is 2.31. The Morgan fingerprint density at radius 1 is 1.32 bits per heavy atom. The molecule has 2 aromatic heterocycles. The number of benzene rings is 1. The molecule has 5 nitrogen and oxygen atoms in total. The number of nitrogens with one attached hydrogen (secondary N) is 1. The standard InChI is InChI=1S/C13H11BrN4O/c1-8-11(6-9-2-4-10(14)5-3-9)12(19)13-16-15-7-18(13)17-8/h2-5,7,17H,6H2,1H3. The topological polar surface area (TPSA) is 63.1 Å². The summed E-state index contributed by atoms with van der Waals surface area (Å²) >= 11 is 3.40. The molecule has 19 heavy (non-hydrogen) atoms.